The maximum absolute atomic E-state index is 15.2. The average Bonchev–Trinajstić information content (AvgIpc) is 3.38. The van der Waals surface area contributed by atoms with Gasteiger partial charge in [0.2, 0.25) is 5.43 Å². The molecule has 0 N–H and O–H groups in total. The largest absolute Gasteiger partial charge is 0.482 e. The van der Waals surface area contributed by atoms with Crippen LogP contribution in [0.1, 0.15) is 38.1 Å². The van der Waals surface area contributed by atoms with Crippen LogP contribution in [0.2, 0.25) is 0 Å². The van der Waals surface area contributed by atoms with Crippen molar-refractivity contribution in [2.75, 3.05) is 24.8 Å². The van der Waals surface area contributed by atoms with Gasteiger partial charge in [0.1, 0.15) is 18.8 Å². The molecule has 1 saturated heterocycles. The van der Waals surface area contributed by atoms with Gasteiger partial charge in [0, 0.05) is 39.9 Å². The minimum atomic E-state index is -0.902. The summed E-state index contributed by atoms with van der Waals surface area (Å²) in [5.74, 6) is -1.90. The molecule has 7 nitrogen and oxygen atoms in total. The molecule has 40 heavy (non-hydrogen) atoms. The van der Waals surface area contributed by atoms with E-state index >= 15 is 4.39 Å². The van der Waals surface area contributed by atoms with Gasteiger partial charge in [0.05, 0.1) is 13.2 Å². The molecule has 204 valence electrons. The Morgan fingerprint density at radius 2 is 1.90 bits per heavy atom. The highest BCUT2D eigenvalue weighted by atomic mass is 32.2. The molecule has 0 aliphatic carbocycles. The fourth-order valence-corrected chi connectivity index (χ4v) is 7.90. The number of hydrogen-bond donors (Lipinski definition) is 0. The van der Waals surface area contributed by atoms with E-state index in [9.17, 15) is 14.0 Å². The predicted molar refractivity (Wildman–Crippen MR) is 147 cm³/mol. The molecule has 2 aromatic heterocycles. The number of thiophene rings is 1. The molecule has 3 aliphatic rings. The molecule has 2 aromatic carbocycles. The summed E-state index contributed by atoms with van der Waals surface area (Å²) in [5.41, 5.74) is 1.42. The highest BCUT2D eigenvalue weighted by Gasteiger charge is 2.46. The minimum Gasteiger partial charge on any atom is -0.482 e. The lowest BCUT2D eigenvalue weighted by atomic mass is 9.97. The molecule has 0 spiro atoms. The number of morpholine rings is 1. The van der Waals surface area contributed by atoms with Crippen molar-refractivity contribution in [1.82, 2.24) is 9.58 Å². The van der Waals surface area contributed by atoms with E-state index in [1.54, 1.807) is 21.8 Å². The van der Waals surface area contributed by atoms with Crippen LogP contribution in [0.25, 0.3) is 0 Å². The van der Waals surface area contributed by atoms with Gasteiger partial charge in [-0.05, 0) is 28.6 Å². The molecule has 0 saturated carbocycles. The van der Waals surface area contributed by atoms with Crippen LogP contribution in [0.15, 0.2) is 75.9 Å². The number of fused-ring (bicyclic) bond motifs is 4. The molecular weight excluding hydrogens is 556 g/mol. The molecule has 0 radical (unpaired) electrons. The number of pyridine rings is 1. The molecule has 2 atom stereocenters. The zero-order chi connectivity index (χ0) is 27.4. The van der Waals surface area contributed by atoms with Crippen molar-refractivity contribution in [2.45, 2.75) is 29.5 Å². The lowest BCUT2D eigenvalue weighted by Crippen LogP contribution is -2.66. The van der Waals surface area contributed by atoms with Crippen LogP contribution < -0.4 is 15.2 Å². The third-order valence-electron chi connectivity index (χ3n) is 7.45. The van der Waals surface area contributed by atoms with Gasteiger partial charge in [-0.15, -0.1) is 23.1 Å². The number of amides is 1. The van der Waals surface area contributed by atoms with E-state index in [4.69, 9.17) is 9.47 Å². The first-order valence-electron chi connectivity index (χ1n) is 12.8. The molecule has 5 heterocycles. The molecule has 11 heteroatoms. The summed E-state index contributed by atoms with van der Waals surface area (Å²) in [5, 5.41) is 3.92. The van der Waals surface area contributed by atoms with Gasteiger partial charge in [-0.2, -0.15) is 0 Å². The number of aromatic nitrogens is 1. The molecule has 0 unspecified atom stereocenters. The van der Waals surface area contributed by atoms with Gasteiger partial charge in [0.15, 0.2) is 23.1 Å². The lowest BCUT2D eigenvalue weighted by Gasteiger charge is -2.51. The molecular formula is C29H23F2N3O4S2. The second-order valence-corrected chi connectivity index (χ2v) is 11.6. The number of ether oxygens (including phenoxy) is 2. The quantitative estimate of drug-likeness (QED) is 0.343. The summed E-state index contributed by atoms with van der Waals surface area (Å²) in [4.78, 5) is 30.7. The van der Waals surface area contributed by atoms with E-state index in [1.807, 2.05) is 46.8 Å². The van der Waals surface area contributed by atoms with Crippen molar-refractivity contribution in [2.24, 2.45) is 0 Å². The molecule has 1 amide bonds. The lowest BCUT2D eigenvalue weighted by molar-refractivity contribution is -0.0198. The van der Waals surface area contributed by atoms with E-state index in [1.165, 1.54) is 29.2 Å². The first-order chi connectivity index (χ1) is 19.5. The maximum atomic E-state index is 15.2. The SMILES string of the molecule is O=C1c2c(OCc3ccccc3)c(=O)ccn2N([C@H]2c3ccc(F)c(F)c3CSc3ccsc32)[C@@H]2COCCN12. The molecule has 4 aromatic rings. The first kappa shape index (κ1) is 25.3. The second kappa shape index (κ2) is 10.1. The smallest absolute Gasteiger partial charge is 0.278 e. The van der Waals surface area contributed by atoms with E-state index in [0.29, 0.717) is 18.7 Å². The van der Waals surface area contributed by atoms with Crippen LogP contribution in [0, 0.1) is 11.6 Å². The second-order valence-electron chi connectivity index (χ2n) is 9.68. The van der Waals surface area contributed by atoms with Gasteiger partial charge in [0.25, 0.3) is 5.91 Å². The Balaban J connectivity index is 1.44. The summed E-state index contributed by atoms with van der Waals surface area (Å²) >= 11 is 2.97. The van der Waals surface area contributed by atoms with Crippen molar-refractivity contribution in [3.63, 3.8) is 0 Å². The summed E-state index contributed by atoms with van der Waals surface area (Å²) in [6.07, 6.45) is 1.00. The van der Waals surface area contributed by atoms with E-state index < -0.39 is 29.3 Å². The van der Waals surface area contributed by atoms with Crippen LogP contribution in [0.3, 0.4) is 0 Å². The number of hydrogen-bond acceptors (Lipinski definition) is 7. The van der Waals surface area contributed by atoms with Gasteiger partial charge >= 0.3 is 0 Å². The van der Waals surface area contributed by atoms with Gasteiger partial charge in [-0.1, -0.05) is 36.4 Å². The Morgan fingerprint density at radius 1 is 1.05 bits per heavy atom. The van der Waals surface area contributed by atoms with E-state index in [2.05, 4.69) is 0 Å². The fourth-order valence-electron chi connectivity index (χ4n) is 5.58. The third kappa shape index (κ3) is 4.03. The highest BCUT2D eigenvalue weighted by molar-refractivity contribution is 7.98. The van der Waals surface area contributed by atoms with Crippen LogP contribution in [-0.4, -0.2) is 41.4 Å². The summed E-state index contributed by atoms with van der Waals surface area (Å²) in [7, 11) is 0. The Morgan fingerprint density at radius 3 is 2.75 bits per heavy atom. The van der Waals surface area contributed by atoms with Crippen LogP contribution in [0.4, 0.5) is 8.78 Å². The number of carbonyl (C=O) groups is 1. The van der Waals surface area contributed by atoms with Crippen molar-refractivity contribution in [1.29, 1.82) is 0 Å². The molecule has 3 aliphatic heterocycles. The summed E-state index contributed by atoms with van der Waals surface area (Å²) in [6.45, 7) is 0.968. The standard InChI is InChI=1S/C29H23F2N3O4S2/c30-20-7-6-18-19(24(20)31)16-40-22-9-13-39-28(22)25(18)34-23-15-37-12-11-32(23)29(36)26-27(21(35)8-10-33(26)34)38-14-17-4-2-1-3-5-17/h1-10,13,23,25H,11-12,14-16H2/t23-,25+/m1/s1. The van der Waals surface area contributed by atoms with Crippen LogP contribution in [0.5, 0.6) is 5.75 Å². The number of nitrogens with zero attached hydrogens (tertiary/aromatic N) is 3. The Kier molecular flexibility index (Phi) is 6.37. The number of carbonyl (C=O) groups excluding carboxylic acids is 1. The van der Waals surface area contributed by atoms with Gasteiger partial charge in [-0.25, -0.2) is 8.78 Å². The summed E-state index contributed by atoms with van der Waals surface area (Å²) < 4.78 is 43.2. The number of thioether (sulfide) groups is 1. The molecule has 7 rings (SSSR count). The monoisotopic (exact) mass is 579 g/mol. The number of benzene rings is 2. The molecule has 0 bridgehead atoms. The van der Waals surface area contributed by atoms with Crippen molar-refractivity contribution in [3.8, 4) is 5.75 Å². The number of halogens is 2. The predicted octanol–water partition coefficient (Wildman–Crippen LogP) is 4.91. The van der Waals surface area contributed by atoms with Gasteiger partial charge < -0.3 is 14.4 Å². The Labute approximate surface area is 236 Å². The Bertz CT molecular complexity index is 1680. The first-order valence-corrected chi connectivity index (χ1v) is 14.7. The zero-order valence-electron chi connectivity index (χ0n) is 21.1. The topological polar surface area (TPSA) is 64.0 Å². The van der Waals surface area contributed by atoms with Crippen LogP contribution in [-0.2, 0) is 17.1 Å². The average molecular weight is 580 g/mol. The third-order valence-corrected chi connectivity index (χ3v) is 9.65. The van der Waals surface area contributed by atoms with Crippen molar-refractivity contribution < 1.29 is 23.0 Å². The van der Waals surface area contributed by atoms with Gasteiger partial charge in [-0.3, -0.25) is 19.3 Å². The highest BCUT2D eigenvalue weighted by Crippen LogP contribution is 2.47. The zero-order valence-corrected chi connectivity index (χ0v) is 22.7. The normalized spacial score (nSPS) is 19.8. The maximum Gasteiger partial charge on any atom is 0.278 e. The van der Waals surface area contributed by atoms with E-state index in [0.717, 1.165) is 21.4 Å². The van der Waals surface area contributed by atoms with Crippen molar-refractivity contribution >= 4 is 29.0 Å². The summed E-state index contributed by atoms with van der Waals surface area (Å²) in [6, 6.07) is 14.9. The van der Waals surface area contributed by atoms with E-state index in [-0.39, 0.29) is 41.9 Å². The number of rotatable bonds is 4. The minimum absolute atomic E-state index is 0.0498. The molecule has 1 fully saturated rings. The van der Waals surface area contributed by atoms with Crippen molar-refractivity contribution in [3.05, 3.63) is 115 Å². The Hall–Kier alpha value is -3.67. The fraction of sp³-hybridized carbons (Fsp3) is 0.241. The van der Waals surface area contributed by atoms with Crippen LogP contribution >= 0.6 is 23.1 Å².